The average molecular weight is 320 g/mol. The summed E-state index contributed by atoms with van der Waals surface area (Å²) in [4.78, 5) is 15.4. The van der Waals surface area contributed by atoms with Gasteiger partial charge in [-0.2, -0.15) is 4.99 Å². The molecule has 2 aliphatic rings. The lowest BCUT2D eigenvalue weighted by Crippen LogP contribution is -2.23. The predicted molar refractivity (Wildman–Crippen MR) is 87.5 cm³/mol. The normalized spacial score (nSPS) is 19.9. The molecule has 0 heterocycles. The van der Waals surface area contributed by atoms with Gasteiger partial charge in [0.15, 0.2) is 0 Å². The zero-order chi connectivity index (χ0) is 15.6. The van der Waals surface area contributed by atoms with Crippen molar-refractivity contribution >= 4 is 17.7 Å². The summed E-state index contributed by atoms with van der Waals surface area (Å²) in [6, 6.07) is 2.05. The number of carbonyl (C=O) groups excluding carboxylic acids is 1. The molecule has 2 aliphatic carbocycles. The van der Waals surface area contributed by atoms with Gasteiger partial charge in [0.2, 0.25) is 6.08 Å². The SMILES string of the molecule is COc1c(Cl)cc2c(c1C1(N=C=O)CCCC1)CCCCC2. The number of isocyanates is 1. The van der Waals surface area contributed by atoms with Crippen LogP contribution in [0.5, 0.6) is 5.75 Å². The van der Waals surface area contributed by atoms with Crippen molar-refractivity contribution in [2.24, 2.45) is 4.99 Å². The maximum atomic E-state index is 11.1. The quantitative estimate of drug-likeness (QED) is 0.459. The molecule has 0 unspecified atom stereocenters. The summed E-state index contributed by atoms with van der Waals surface area (Å²) in [5, 5.41) is 0.644. The number of hydrogen-bond acceptors (Lipinski definition) is 3. The highest BCUT2D eigenvalue weighted by Gasteiger charge is 2.41. The summed E-state index contributed by atoms with van der Waals surface area (Å²) in [6.07, 6.45) is 11.4. The Balaban J connectivity index is 2.27. The van der Waals surface area contributed by atoms with Crippen molar-refractivity contribution in [1.29, 1.82) is 0 Å². The van der Waals surface area contributed by atoms with Crippen molar-refractivity contribution in [2.75, 3.05) is 7.11 Å². The number of fused-ring (bicyclic) bond motifs is 1. The lowest BCUT2D eigenvalue weighted by Gasteiger charge is -2.29. The fourth-order valence-corrected chi connectivity index (χ4v) is 4.49. The minimum absolute atomic E-state index is 0.480. The van der Waals surface area contributed by atoms with Crippen LogP contribution in [0.25, 0.3) is 0 Å². The Morgan fingerprint density at radius 2 is 1.91 bits per heavy atom. The molecule has 0 saturated heterocycles. The first-order valence-electron chi connectivity index (χ1n) is 8.19. The molecular weight excluding hydrogens is 298 g/mol. The first-order valence-corrected chi connectivity index (χ1v) is 8.57. The molecule has 0 spiro atoms. The molecule has 0 aliphatic heterocycles. The predicted octanol–water partition coefficient (Wildman–Crippen LogP) is 4.72. The molecule has 1 saturated carbocycles. The number of ether oxygens (including phenoxy) is 1. The van der Waals surface area contributed by atoms with Gasteiger partial charge in [0, 0.05) is 5.56 Å². The number of aryl methyl sites for hydroxylation is 1. The third-order valence-corrected chi connectivity index (χ3v) is 5.45. The van der Waals surface area contributed by atoms with Crippen molar-refractivity contribution in [3.05, 3.63) is 27.8 Å². The van der Waals surface area contributed by atoms with Crippen LogP contribution in [-0.2, 0) is 23.2 Å². The van der Waals surface area contributed by atoms with Gasteiger partial charge in [-0.1, -0.05) is 30.9 Å². The molecule has 3 nitrogen and oxygen atoms in total. The van der Waals surface area contributed by atoms with E-state index in [1.54, 1.807) is 7.11 Å². The van der Waals surface area contributed by atoms with Crippen LogP contribution in [0.2, 0.25) is 5.02 Å². The molecule has 0 bridgehead atoms. The van der Waals surface area contributed by atoms with Gasteiger partial charge in [0.25, 0.3) is 0 Å². The van der Waals surface area contributed by atoms with E-state index in [0.29, 0.717) is 10.8 Å². The van der Waals surface area contributed by atoms with E-state index in [4.69, 9.17) is 16.3 Å². The number of halogens is 1. The van der Waals surface area contributed by atoms with Crippen LogP contribution in [0.3, 0.4) is 0 Å². The number of aliphatic imine (C=N–C) groups is 1. The molecular formula is C18H22ClNO2. The van der Waals surface area contributed by atoms with Gasteiger partial charge in [-0.15, -0.1) is 0 Å². The van der Waals surface area contributed by atoms with Crippen molar-refractivity contribution in [3.8, 4) is 5.75 Å². The number of hydrogen-bond donors (Lipinski definition) is 0. The van der Waals surface area contributed by atoms with Gasteiger partial charge < -0.3 is 4.74 Å². The largest absolute Gasteiger partial charge is 0.495 e. The van der Waals surface area contributed by atoms with Gasteiger partial charge in [-0.3, -0.25) is 0 Å². The number of methoxy groups -OCH3 is 1. The van der Waals surface area contributed by atoms with Crippen LogP contribution in [0.15, 0.2) is 11.1 Å². The van der Waals surface area contributed by atoms with Crippen molar-refractivity contribution in [1.82, 2.24) is 0 Å². The Morgan fingerprint density at radius 3 is 2.59 bits per heavy atom. The second-order valence-electron chi connectivity index (χ2n) is 6.41. The molecule has 1 aromatic carbocycles. The molecule has 22 heavy (non-hydrogen) atoms. The smallest absolute Gasteiger partial charge is 0.235 e. The van der Waals surface area contributed by atoms with Gasteiger partial charge in [0.1, 0.15) is 11.3 Å². The lowest BCUT2D eigenvalue weighted by molar-refractivity contribution is 0.377. The summed E-state index contributed by atoms with van der Waals surface area (Å²) in [5.41, 5.74) is 3.22. The average Bonchev–Trinajstić information content (AvgIpc) is 2.85. The Labute approximate surface area is 136 Å². The second-order valence-corrected chi connectivity index (χ2v) is 6.81. The van der Waals surface area contributed by atoms with E-state index in [1.165, 1.54) is 30.4 Å². The van der Waals surface area contributed by atoms with E-state index in [-0.39, 0.29) is 0 Å². The Morgan fingerprint density at radius 1 is 1.18 bits per heavy atom. The minimum atomic E-state index is -0.480. The van der Waals surface area contributed by atoms with Gasteiger partial charge in [-0.05, 0) is 55.7 Å². The third-order valence-electron chi connectivity index (χ3n) is 5.17. The van der Waals surface area contributed by atoms with Crippen LogP contribution >= 0.6 is 11.6 Å². The van der Waals surface area contributed by atoms with Crippen LogP contribution in [0, 0.1) is 0 Å². The number of rotatable bonds is 3. The standard InChI is InChI=1S/C18H22ClNO2/c1-22-17-15(19)11-13-7-3-2-4-8-14(13)16(17)18(20-12-21)9-5-6-10-18/h11H,2-10H2,1H3. The molecule has 3 rings (SSSR count). The monoisotopic (exact) mass is 319 g/mol. The highest BCUT2D eigenvalue weighted by Crippen LogP contribution is 2.50. The Bertz CT molecular complexity index is 614. The van der Waals surface area contributed by atoms with Gasteiger partial charge in [0.05, 0.1) is 12.1 Å². The summed E-state index contributed by atoms with van der Waals surface area (Å²) in [6.45, 7) is 0. The van der Waals surface area contributed by atoms with Crippen LogP contribution in [0.1, 0.15) is 61.6 Å². The molecule has 0 atom stereocenters. The molecule has 0 amide bonds. The minimum Gasteiger partial charge on any atom is -0.495 e. The summed E-state index contributed by atoms with van der Waals surface area (Å²) in [7, 11) is 1.65. The number of benzene rings is 1. The molecule has 118 valence electrons. The highest BCUT2D eigenvalue weighted by atomic mass is 35.5. The second kappa shape index (κ2) is 6.44. The molecule has 0 radical (unpaired) electrons. The maximum absolute atomic E-state index is 11.1. The van der Waals surface area contributed by atoms with Crippen LogP contribution in [-0.4, -0.2) is 13.2 Å². The van der Waals surface area contributed by atoms with Crippen molar-refractivity contribution in [3.63, 3.8) is 0 Å². The van der Waals surface area contributed by atoms with E-state index in [2.05, 4.69) is 11.1 Å². The summed E-state index contributed by atoms with van der Waals surface area (Å²) >= 11 is 6.50. The van der Waals surface area contributed by atoms with Gasteiger partial charge >= 0.3 is 0 Å². The van der Waals surface area contributed by atoms with E-state index < -0.39 is 5.54 Å². The van der Waals surface area contributed by atoms with Crippen molar-refractivity contribution < 1.29 is 9.53 Å². The lowest BCUT2D eigenvalue weighted by atomic mass is 9.81. The Hall–Kier alpha value is -1.31. The molecule has 1 fully saturated rings. The van der Waals surface area contributed by atoms with E-state index in [0.717, 1.165) is 44.1 Å². The zero-order valence-electron chi connectivity index (χ0n) is 13.1. The van der Waals surface area contributed by atoms with E-state index >= 15 is 0 Å². The molecule has 1 aromatic rings. The zero-order valence-corrected chi connectivity index (χ0v) is 13.8. The van der Waals surface area contributed by atoms with Crippen molar-refractivity contribution in [2.45, 2.75) is 63.3 Å². The molecule has 0 aromatic heterocycles. The third kappa shape index (κ3) is 2.57. The highest BCUT2D eigenvalue weighted by molar-refractivity contribution is 6.32. The molecule has 0 N–H and O–H groups in total. The van der Waals surface area contributed by atoms with E-state index in [1.807, 2.05) is 6.08 Å². The fourth-order valence-electron chi connectivity index (χ4n) is 4.18. The van der Waals surface area contributed by atoms with Crippen LogP contribution < -0.4 is 4.74 Å². The fraction of sp³-hybridized carbons (Fsp3) is 0.611. The Kier molecular flexibility index (Phi) is 4.56. The number of nitrogens with zero attached hydrogens (tertiary/aromatic N) is 1. The van der Waals surface area contributed by atoms with E-state index in [9.17, 15) is 4.79 Å². The first-order chi connectivity index (χ1) is 10.7. The maximum Gasteiger partial charge on any atom is 0.235 e. The summed E-state index contributed by atoms with van der Waals surface area (Å²) in [5.74, 6) is 0.711. The van der Waals surface area contributed by atoms with Gasteiger partial charge in [-0.25, -0.2) is 4.79 Å². The molecule has 4 heteroatoms. The van der Waals surface area contributed by atoms with Crippen LogP contribution in [0.4, 0.5) is 0 Å². The summed E-state index contributed by atoms with van der Waals surface area (Å²) < 4.78 is 5.65. The topological polar surface area (TPSA) is 38.7 Å². The first kappa shape index (κ1) is 15.6.